The van der Waals surface area contributed by atoms with Gasteiger partial charge in [-0.15, -0.1) is 0 Å². The van der Waals surface area contributed by atoms with Crippen molar-refractivity contribution in [2.24, 2.45) is 9.98 Å². The van der Waals surface area contributed by atoms with Gasteiger partial charge in [-0.2, -0.15) is 0 Å². The van der Waals surface area contributed by atoms with Crippen LogP contribution in [-0.4, -0.2) is 32.9 Å². The van der Waals surface area contributed by atoms with Gasteiger partial charge in [0.25, 0.3) is 0 Å². The van der Waals surface area contributed by atoms with E-state index in [0.717, 1.165) is 22.3 Å². The van der Waals surface area contributed by atoms with E-state index in [9.17, 15) is 20.4 Å². The largest absolute Gasteiger partial charge is 0.506 e. The summed E-state index contributed by atoms with van der Waals surface area (Å²) in [7, 11) is 0. The molecule has 0 aromatic heterocycles. The van der Waals surface area contributed by atoms with Gasteiger partial charge in [-0.05, 0) is 123 Å². The number of nitrogens with zero attached hydrogens (tertiary/aromatic N) is 2. The van der Waals surface area contributed by atoms with Crippen molar-refractivity contribution in [2.75, 3.05) is 0 Å². The van der Waals surface area contributed by atoms with E-state index in [2.05, 4.69) is 41.8 Å². The molecule has 6 nitrogen and oxygen atoms in total. The minimum Gasteiger partial charge on any atom is -0.506 e. The number of aromatic hydroxyl groups is 4. The second-order valence-corrected chi connectivity index (χ2v) is 10.4. The molecule has 0 heterocycles. The average Bonchev–Trinajstić information content (AvgIpc) is 2.85. The predicted molar refractivity (Wildman–Crippen MR) is 155 cm³/mol. The lowest BCUT2D eigenvalue weighted by Gasteiger charge is -2.08. The summed E-state index contributed by atoms with van der Waals surface area (Å²) in [6, 6.07) is 17.5. The number of aryl methyl sites for hydroxylation is 2. The van der Waals surface area contributed by atoms with Gasteiger partial charge in [-0.3, -0.25) is 9.98 Å². The van der Waals surface area contributed by atoms with E-state index >= 15 is 0 Å². The fourth-order valence-corrected chi connectivity index (χ4v) is 4.98. The highest BCUT2D eigenvalue weighted by Gasteiger charge is 2.09. The van der Waals surface area contributed by atoms with Crippen LogP contribution >= 0.6 is 31.9 Å². The summed E-state index contributed by atoms with van der Waals surface area (Å²) < 4.78 is 1.14. The topological polar surface area (TPSA) is 106 Å². The molecule has 4 rings (SSSR count). The minimum absolute atomic E-state index is 0.0197. The molecular formula is C29H24Br2N2O4. The zero-order valence-electron chi connectivity index (χ0n) is 20.1. The molecule has 4 aromatic carbocycles. The Morgan fingerprint density at radius 2 is 1.03 bits per heavy atom. The number of hydrogen-bond donors (Lipinski definition) is 4. The fourth-order valence-electron chi connectivity index (χ4n) is 3.80. The van der Waals surface area contributed by atoms with Crippen LogP contribution in [0.4, 0.5) is 11.4 Å². The van der Waals surface area contributed by atoms with Crippen molar-refractivity contribution in [1.29, 1.82) is 0 Å². The Kier molecular flexibility index (Phi) is 8.00. The molecule has 0 atom stereocenters. The van der Waals surface area contributed by atoms with E-state index in [4.69, 9.17) is 0 Å². The van der Waals surface area contributed by atoms with Gasteiger partial charge in [0, 0.05) is 23.6 Å². The maximum atomic E-state index is 10.3. The second-order valence-electron chi connectivity index (χ2n) is 8.71. The Hall–Kier alpha value is -3.62. The molecule has 4 aromatic rings. The molecule has 37 heavy (non-hydrogen) atoms. The summed E-state index contributed by atoms with van der Waals surface area (Å²) >= 11 is 6.66. The Balaban J connectivity index is 1.58. The summed E-state index contributed by atoms with van der Waals surface area (Å²) in [4.78, 5) is 8.78. The highest BCUT2D eigenvalue weighted by molar-refractivity contribution is 9.10. The zero-order chi connectivity index (χ0) is 26.7. The number of hydrogen-bond acceptors (Lipinski definition) is 6. The molecule has 188 valence electrons. The highest BCUT2D eigenvalue weighted by atomic mass is 79.9. The van der Waals surface area contributed by atoms with Crippen molar-refractivity contribution in [3.05, 3.63) is 103 Å². The predicted octanol–water partition coefficient (Wildman–Crippen LogP) is 7.74. The van der Waals surface area contributed by atoms with Crippen molar-refractivity contribution < 1.29 is 20.4 Å². The Morgan fingerprint density at radius 1 is 0.622 bits per heavy atom. The number of rotatable bonds is 6. The lowest BCUT2D eigenvalue weighted by Crippen LogP contribution is -1.90. The molecule has 0 aliphatic rings. The van der Waals surface area contributed by atoms with Gasteiger partial charge >= 0.3 is 0 Å². The third-order valence-electron chi connectivity index (χ3n) is 5.65. The van der Waals surface area contributed by atoms with Gasteiger partial charge in [-0.25, -0.2) is 0 Å². The molecule has 8 heteroatoms. The van der Waals surface area contributed by atoms with Gasteiger partial charge in [0.1, 0.15) is 34.4 Å². The van der Waals surface area contributed by atoms with Crippen molar-refractivity contribution in [3.63, 3.8) is 0 Å². The SMILES string of the molecule is Cc1cc(Br)c(O)c(C=Nc2cc(Cc3ccc(O)c(N=Cc4cc(C)cc(Br)c4O)c3)ccc2O)c1. The molecule has 0 bridgehead atoms. The van der Waals surface area contributed by atoms with Crippen LogP contribution in [0.3, 0.4) is 0 Å². The van der Waals surface area contributed by atoms with Gasteiger partial charge in [0.05, 0.1) is 8.95 Å². The molecule has 0 saturated carbocycles. The highest BCUT2D eigenvalue weighted by Crippen LogP contribution is 2.34. The first-order valence-corrected chi connectivity index (χ1v) is 12.9. The molecule has 0 radical (unpaired) electrons. The van der Waals surface area contributed by atoms with Crippen molar-refractivity contribution >= 4 is 55.7 Å². The smallest absolute Gasteiger partial charge is 0.141 e. The van der Waals surface area contributed by atoms with Gasteiger partial charge < -0.3 is 20.4 Å². The number of halogens is 2. The molecule has 0 saturated heterocycles. The first-order chi connectivity index (χ1) is 17.6. The number of aliphatic imine (C=N–C) groups is 2. The molecule has 0 aliphatic carbocycles. The molecule has 4 N–H and O–H groups in total. The molecular weight excluding hydrogens is 600 g/mol. The minimum atomic E-state index is 0.0197. The maximum Gasteiger partial charge on any atom is 0.141 e. The van der Waals surface area contributed by atoms with Gasteiger partial charge in [0.15, 0.2) is 0 Å². The quantitative estimate of drug-likeness (QED) is 0.165. The van der Waals surface area contributed by atoms with Crippen LogP contribution in [0.1, 0.15) is 33.4 Å². The fraction of sp³-hybridized carbons (Fsp3) is 0.103. The van der Waals surface area contributed by atoms with Crippen LogP contribution in [0.15, 0.2) is 79.6 Å². The second kappa shape index (κ2) is 11.2. The lowest BCUT2D eigenvalue weighted by molar-refractivity contribution is 0.470. The van der Waals surface area contributed by atoms with Gasteiger partial charge in [-0.1, -0.05) is 12.1 Å². The standard InChI is InChI=1S/C29H24Br2N2O4/c1-16-7-20(28(36)22(30)9-16)14-32-24-12-18(3-5-26(24)34)11-19-4-6-27(35)25(13-19)33-15-21-8-17(2)10-23(31)29(21)37/h3-10,12-15,34-37H,11H2,1-2H3. The first kappa shape index (κ1) is 26.4. The summed E-state index contributed by atoms with van der Waals surface area (Å²) in [6.45, 7) is 3.83. The van der Waals surface area contributed by atoms with Crippen molar-refractivity contribution in [2.45, 2.75) is 20.3 Å². The van der Waals surface area contributed by atoms with Crippen LogP contribution in [0.25, 0.3) is 0 Å². The Morgan fingerprint density at radius 3 is 1.43 bits per heavy atom. The van der Waals surface area contributed by atoms with Crippen LogP contribution in [0.2, 0.25) is 0 Å². The van der Waals surface area contributed by atoms with E-state index < -0.39 is 0 Å². The van der Waals surface area contributed by atoms with Gasteiger partial charge in [0.2, 0.25) is 0 Å². The van der Waals surface area contributed by atoms with Crippen LogP contribution in [-0.2, 0) is 6.42 Å². The molecule has 0 amide bonds. The number of phenolic OH excluding ortho intramolecular Hbond substituents is 4. The monoisotopic (exact) mass is 622 g/mol. The van der Waals surface area contributed by atoms with E-state index in [-0.39, 0.29) is 23.0 Å². The van der Waals surface area contributed by atoms with Crippen LogP contribution in [0, 0.1) is 13.8 Å². The normalized spacial score (nSPS) is 11.6. The maximum absolute atomic E-state index is 10.3. The summed E-state index contributed by atoms with van der Waals surface area (Å²) in [5.41, 5.74) is 5.49. The third-order valence-corrected chi connectivity index (χ3v) is 6.86. The average molecular weight is 624 g/mol. The molecule has 0 aliphatic heterocycles. The van der Waals surface area contributed by atoms with E-state index in [0.29, 0.717) is 37.9 Å². The van der Waals surface area contributed by atoms with Crippen LogP contribution < -0.4 is 0 Å². The first-order valence-electron chi connectivity index (χ1n) is 11.3. The van der Waals surface area contributed by atoms with Crippen molar-refractivity contribution in [1.82, 2.24) is 0 Å². The number of phenols is 4. The van der Waals surface area contributed by atoms with E-state index in [1.165, 1.54) is 12.4 Å². The summed E-state index contributed by atoms with van der Waals surface area (Å²) in [5.74, 6) is 0.194. The summed E-state index contributed by atoms with van der Waals surface area (Å²) in [6.07, 6.45) is 3.53. The molecule has 0 fully saturated rings. The zero-order valence-corrected chi connectivity index (χ0v) is 23.2. The lowest BCUT2D eigenvalue weighted by atomic mass is 10.0. The number of benzene rings is 4. The third kappa shape index (κ3) is 6.39. The molecule has 0 unspecified atom stereocenters. The summed E-state index contributed by atoms with van der Waals surface area (Å²) in [5, 5.41) is 41.2. The van der Waals surface area contributed by atoms with E-state index in [1.54, 1.807) is 48.5 Å². The van der Waals surface area contributed by atoms with Crippen molar-refractivity contribution in [3.8, 4) is 23.0 Å². The van der Waals surface area contributed by atoms with E-state index in [1.807, 2.05) is 26.0 Å². The Labute approximate surface area is 231 Å². The van der Waals surface area contributed by atoms with Crippen LogP contribution in [0.5, 0.6) is 23.0 Å². The Bertz CT molecular complexity index is 1430. The molecule has 0 spiro atoms.